The number of thiazole rings is 3. The minimum atomic E-state index is -0.0162. The second-order valence-electron chi connectivity index (χ2n) is 26.6. The number of aliphatic imine (C=N–C) groups is 1. The number of aryl methyl sites for hydroxylation is 3. The average molecular weight is 1530 g/mol. The molecule has 0 spiro atoms. The third-order valence-corrected chi connectivity index (χ3v) is 23.2. The van der Waals surface area contributed by atoms with Gasteiger partial charge in [-0.15, -0.1) is 68.0 Å². The van der Waals surface area contributed by atoms with Crippen LogP contribution in [0.3, 0.4) is 0 Å². The van der Waals surface area contributed by atoms with Crippen LogP contribution in [0.4, 0.5) is 17.1 Å². The van der Waals surface area contributed by atoms with Crippen molar-refractivity contribution in [3.8, 4) is 33.8 Å². The zero-order valence-corrected chi connectivity index (χ0v) is 69.0. The van der Waals surface area contributed by atoms with Crippen LogP contribution in [0.2, 0.25) is 0 Å². The number of nitrogens with two attached hydrogens (primary N) is 1. The Hall–Kier alpha value is -7.28. The predicted octanol–water partition coefficient (Wildman–Crippen LogP) is 23.9. The van der Waals surface area contributed by atoms with Gasteiger partial charge in [0.1, 0.15) is 16.1 Å². The van der Waals surface area contributed by atoms with E-state index in [1.54, 1.807) is 34.0 Å². The molecule has 14 aromatic rings. The molecule has 0 fully saturated rings. The molecule has 7 nitrogen and oxygen atoms in total. The fourth-order valence-corrected chi connectivity index (χ4v) is 17.8. The van der Waals surface area contributed by atoms with Gasteiger partial charge in [-0.3, -0.25) is 9.79 Å². The van der Waals surface area contributed by atoms with E-state index in [2.05, 4.69) is 277 Å². The molecule has 1 atom stereocenters. The maximum atomic E-state index is 10.7. The molecule has 0 radical (unpaired) electrons. The normalized spacial score (nSPS) is 11.5. The van der Waals surface area contributed by atoms with Gasteiger partial charge in [0, 0.05) is 89.1 Å². The fraction of sp³-hybridized carbons (Fsp3) is 0.253. The monoisotopic (exact) mass is 1530 g/mol. The van der Waals surface area contributed by atoms with Gasteiger partial charge in [-0.25, -0.2) is 15.0 Å². The topological polar surface area (TPSA) is 106 Å². The number of nitrogens with one attached hydrogen (secondary N) is 1. The number of rotatable bonds is 16. The summed E-state index contributed by atoms with van der Waals surface area (Å²) in [6, 6.07) is 68.3. The molecule has 0 aliphatic heterocycles. The summed E-state index contributed by atoms with van der Waals surface area (Å²) in [6.07, 6.45) is 2.74. The van der Waals surface area contributed by atoms with Crippen LogP contribution in [0.1, 0.15) is 198 Å². The van der Waals surface area contributed by atoms with Crippen molar-refractivity contribution in [2.24, 2.45) is 4.99 Å². The Morgan fingerprint density at radius 1 is 0.431 bits per heavy atom. The van der Waals surface area contributed by atoms with Crippen LogP contribution in [-0.2, 0) is 0 Å². The second kappa shape index (κ2) is 37.9. The summed E-state index contributed by atoms with van der Waals surface area (Å²) in [6.45, 7) is 33.2. The van der Waals surface area contributed by atoms with Gasteiger partial charge in [0.15, 0.2) is 11.3 Å². The van der Waals surface area contributed by atoms with Gasteiger partial charge in [0.05, 0.1) is 29.0 Å². The number of nitrogen functional groups attached to an aromatic ring is 1. The van der Waals surface area contributed by atoms with Gasteiger partial charge in [0.25, 0.3) is 0 Å². The van der Waals surface area contributed by atoms with Crippen LogP contribution in [0, 0.1) is 26.8 Å². The van der Waals surface area contributed by atoms with Crippen LogP contribution in [0.15, 0.2) is 209 Å². The summed E-state index contributed by atoms with van der Waals surface area (Å²) < 4.78 is 3.90. The first-order valence-corrected chi connectivity index (χ1v) is 39.5. The Bertz CT molecular complexity index is 4910. The number of anilines is 2. The number of carbonyl (C=O) groups is 1. The standard InChI is InChI=1S/C31H32N2S2.C25H26N2S2.C13H9NOS2.C12H19N.C6H5.BrH.Mg/c1-19(2)23-15-11-16-24(20(3)4)30(23)33-29(22-12-7-6-8-13-22)31-32-26(18-34-31)28-21(5)35-27-17-10-9-14-25(27)28;1-15(2)18-10-8-11-19(16(3)4)25(18)26-13-23-27-21(14-28-23)24-17(5)29-22-12-7-6-9-20(22)24;1-8-13(10-7-16-12(6-15)14-10)9-4-2-3-5-11(9)17-8;1-8(2)10-6-5-7-11(9(3)4)12(10)13;1-2-4-6-5-3-1;;/h6-20,29,33H,1-5H3;6-16H,1-5H3;2-7H,1H3;5-9H,13H2,1-4H3;1-5H;1H;/q;;;;-1;;+2/p-1. The number of thiophene rings is 3. The molecular weight excluding hydrogens is 1440 g/mol. The molecule has 1 unspecified atom stereocenters. The van der Waals surface area contributed by atoms with E-state index in [9.17, 15) is 4.79 Å². The molecule has 6 aromatic heterocycles. The Morgan fingerprint density at radius 3 is 1.19 bits per heavy atom. The number of aldehydes is 1. The van der Waals surface area contributed by atoms with Crippen molar-refractivity contribution in [3.63, 3.8) is 0 Å². The molecule has 3 N–H and O–H groups in total. The Balaban J connectivity index is 0.000000176. The number of nitrogens with zero attached hydrogens (tertiary/aromatic N) is 4. The van der Waals surface area contributed by atoms with Gasteiger partial charge >= 0.3 is 23.1 Å². The number of hydrogen-bond donors (Lipinski definition) is 2. The van der Waals surface area contributed by atoms with E-state index in [1.807, 2.05) is 76.7 Å². The first-order chi connectivity index (χ1) is 48.2. The molecule has 14 rings (SSSR count). The van der Waals surface area contributed by atoms with E-state index < -0.39 is 0 Å². The van der Waals surface area contributed by atoms with E-state index >= 15 is 0 Å². The fourth-order valence-electron chi connectivity index (χ4n) is 12.4. The predicted molar refractivity (Wildman–Crippen MR) is 447 cm³/mol. The largest absolute Gasteiger partial charge is 2.00 e. The van der Waals surface area contributed by atoms with Crippen LogP contribution < -0.4 is 28.0 Å². The zero-order chi connectivity index (χ0) is 71.1. The van der Waals surface area contributed by atoms with Gasteiger partial charge in [-0.2, -0.15) is 36.4 Å². The third-order valence-electron chi connectivity index (χ3n) is 17.5. The quantitative estimate of drug-likeness (QED) is 0.0328. The van der Waals surface area contributed by atoms with Crippen molar-refractivity contribution in [3.05, 3.63) is 279 Å². The minimum absolute atomic E-state index is 0. The van der Waals surface area contributed by atoms with E-state index in [4.69, 9.17) is 20.7 Å². The summed E-state index contributed by atoms with van der Waals surface area (Å²) in [5.41, 5.74) is 25.2. The van der Waals surface area contributed by atoms with Crippen molar-refractivity contribution in [2.45, 2.75) is 145 Å². The Labute approximate surface area is 655 Å². The molecule has 520 valence electrons. The number of fused-ring (bicyclic) bond motifs is 3. The SMILES string of the molecule is CC(C)c1cccc(C(C)C)c1N.Cc1sc2ccccc2c1-c1csc(C(Nc2c(C(C)C)cccc2C(C)C)c2ccccc2)n1.Cc1sc2ccccc2c1-c1csc(C=Nc2c(C(C)C)cccc2C(C)C)n1.Cc1sc2ccccc2c1-c1csc(C=O)n1.[Br-].[Mg+2].[c-]1ccccc1. The first kappa shape index (κ1) is 80.4. The van der Waals surface area contributed by atoms with Crippen molar-refractivity contribution >= 4 is 151 Å². The molecule has 15 heteroatoms. The Morgan fingerprint density at radius 2 is 0.794 bits per heavy atom. The van der Waals surface area contributed by atoms with Crippen molar-refractivity contribution in [1.82, 2.24) is 15.0 Å². The number of aromatic nitrogens is 3. The van der Waals surface area contributed by atoms with Gasteiger partial charge in [0.2, 0.25) is 0 Å². The van der Waals surface area contributed by atoms with Crippen LogP contribution in [0.5, 0.6) is 0 Å². The van der Waals surface area contributed by atoms with Crippen molar-refractivity contribution < 1.29 is 21.8 Å². The summed E-state index contributed by atoms with van der Waals surface area (Å²) in [4.78, 5) is 34.0. The van der Waals surface area contributed by atoms with Crippen LogP contribution in [0.25, 0.3) is 64.0 Å². The maximum absolute atomic E-state index is 10.7. The van der Waals surface area contributed by atoms with E-state index in [0.29, 0.717) is 40.5 Å². The number of para-hydroxylation sites is 3. The maximum Gasteiger partial charge on any atom is 2.00 e. The number of benzene rings is 8. The first-order valence-electron chi connectivity index (χ1n) is 34.4. The number of carbonyl (C=O) groups excluding carboxylic acids is 1. The molecule has 102 heavy (non-hydrogen) atoms. The molecule has 0 aliphatic rings. The van der Waals surface area contributed by atoms with E-state index in [0.717, 1.165) is 50.3 Å². The second-order valence-corrected chi connectivity index (χ2v) is 33.1. The Kier molecular flexibility index (Phi) is 29.9. The van der Waals surface area contributed by atoms with Crippen LogP contribution in [-0.4, -0.2) is 50.5 Å². The molecule has 0 bridgehead atoms. The summed E-state index contributed by atoms with van der Waals surface area (Å²) >= 11 is 10.2. The van der Waals surface area contributed by atoms with Gasteiger partial charge in [-0.05, 0) is 113 Å². The van der Waals surface area contributed by atoms with E-state index in [-0.39, 0.29) is 46.1 Å². The molecular formula is C87H91BrMgN6OS6. The molecule has 6 heterocycles. The summed E-state index contributed by atoms with van der Waals surface area (Å²) in [5, 5.41) is 16.7. The molecule has 0 saturated heterocycles. The molecule has 0 amide bonds. The van der Waals surface area contributed by atoms with E-state index in [1.165, 1.54) is 112 Å². The summed E-state index contributed by atoms with van der Waals surface area (Å²) in [7, 11) is 0. The summed E-state index contributed by atoms with van der Waals surface area (Å²) in [5.74, 6) is 2.76. The molecule has 8 aromatic carbocycles. The van der Waals surface area contributed by atoms with Crippen molar-refractivity contribution in [1.29, 1.82) is 0 Å². The number of halogens is 1. The third kappa shape index (κ3) is 19.6. The average Bonchev–Trinajstić information content (AvgIpc) is 1.60. The smallest absolute Gasteiger partial charge is 1.00 e. The van der Waals surface area contributed by atoms with Crippen LogP contribution >= 0.6 is 68.0 Å². The van der Waals surface area contributed by atoms with Gasteiger partial charge in [-0.1, -0.05) is 223 Å². The number of hydrogen-bond acceptors (Lipinski definition) is 13. The van der Waals surface area contributed by atoms with Crippen molar-refractivity contribution in [2.75, 3.05) is 11.1 Å². The molecule has 0 saturated carbocycles. The molecule has 0 aliphatic carbocycles. The minimum Gasteiger partial charge on any atom is -1.00 e. The van der Waals surface area contributed by atoms with Gasteiger partial charge < -0.3 is 28.0 Å². The zero-order valence-electron chi connectivity index (χ0n) is 61.1.